The van der Waals surface area contributed by atoms with Gasteiger partial charge in [0.05, 0.1) is 0 Å². The molecule has 1 saturated heterocycles. The third-order valence-corrected chi connectivity index (χ3v) is 3.31. The lowest BCUT2D eigenvalue weighted by molar-refractivity contribution is 0.390. The molecule has 0 atom stereocenters. The van der Waals surface area contributed by atoms with Crippen LogP contribution in [0.15, 0.2) is 18.2 Å². The highest BCUT2D eigenvalue weighted by atomic mass is 19.1. The first-order valence-corrected chi connectivity index (χ1v) is 5.97. The molecule has 88 valence electrons. The van der Waals surface area contributed by atoms with Crippen LogP contribution in [0.2, 0.25) is 0 Å². The van der Waals surface area contributed by atoms with Crippen molar-refractivity contribution in [3.63, 3.8) is 0 Å². The molecular formula is C13H19FN2. The van der Waals surface area contributed by atoms with E-state index < -0.39 is 0 Å². The molecule has 0 spiro atoms. The summed E-state index contributed by atoms with van der Waals surface area (Å²) in [7, 11) is 0. The molecule has 3 heteroatoms. The summed E-state index contributed by atoms with van der Waals surface area (Å²) in [6, 6.07) is 5.21. The van der Waals surface area contributed by atoms with Crippen molar-refractivity contribution in [1.82, 2.24) is 5.32 Å². The van der Waals surface area contributed by atoms with Crippen molar-refractivity contribution < 1.29 is 4.39 Å². The summed E-state index contributed by atoms with van der Waals surface area (Å²) in [5.74, 6) is 0.583. The minimum atomic E-state index is -0.129. The topological polar surface area (TPSA) is 24.1 Å². The number of anilines is 1. The van der Waals surface area contributed by atoms with Gasteiger partial charge >= 0.3 is 0 Å². The van der Waals surface area contributed by atoms with Crippen LogP contribution in [-0.2, 0) is 0 Å². The fraction of sp³-hybridized carbons (Fsp3) is 0.538. The average Bonchev–Trinajstić information content (AvgIpc) is 2.32. The highest BCUT2D eigenvalue weighted by molar-refractivity contribution is 5.50. The van der Waals surface area contributed by atoms with E-state index in [9.17, 15) is 4.39 Å². The van der Waals surface area contributed by atoms with Gasteiger partial charge in [0.25, 0.3) is 0 Å². The highest BCUT2D eigenvalue weighted by Crippen LogP contribution is 2.19. The molecule has 0 aliphatic carbocycles. The molecule has 0 saturated carbocycles. The van der Waals surface area contributed by atoms with Crippen LogP contribution >= 0.6 is 0 Å². The summed E-state index contributed by atoms with van der Waals surface area (Å²) in [6.07, 6.45) is 2.42. The van der Waals surface area contributed by atoms with Crippen LogP contribution in [0, 0.1) is 18.7 Å². The van der Waals surface area contributed by atoms with Gasteiger partial charge in [-0.1, -0.05) is 6.07 Å². The molecule has 2 N–H and O–H groups in total. The zero-order valence-electron chi connectivity index (χ0n) is 9.72. The molecule has 1 aromatic rings. The molecule has 0 unspecified atom stereocenters. The van der Waals surface area contributed by atoms with Gasteiger partial charge in [-0.25, -0.2) is 4.39 Å². The number of hydrogen-bond acceptors (Lipinski definition) is 2. The van der Waals surface area contributed by atoms with Crippen molar-refractivity contribution in [2.45, 2.75) is 19.8 Å². The maximum atomic E-state index is 13.3. The number of halogens is 1. The van der Waals surface area contributed by atoms with Gasteiger partial charge in [0.2, 0.25) is 0 Å². The molecule has 0 amide bonds. The van der Waals surface area contributed by atoms with Gasteiger partial charge in [-0.3, -0.25) is 0 Å². The molecule has 2 rings (SSSR count). The molecule has 16 heavy (non-hydrogen) atoms. The van der Waals surface area contributed by atoms with Gasteiger partial charge in [0, 0.05) is 17.8 Å². The fourth-order valence-corrected chi connectivity index (χ4v) is 2.14. The van der Waals surface area contributed by atoms with Crippen molar-refractivity contribution in [3.8, 4) is 0 Å². The lowest BCUT2D eigenvalue weighted by Crippen LogP contribution is -2.31. The summed E-state index contributed by atoms with van der Waals surface area (Å²) in [4.78, 5) is 0. The Morgan fingerprint density at radius 1 is 1.38 bits per heavy atom. The Balaban J connectivity index is 1.91. The fourth-order valence-electron chi connectivity index (χ4n) is 2.14. The second kappa shape index (κ2) is 5.30. The van der Waals surface area contributed by atoms with Crippen molar-refractivity contribution in [1.29, 1.82) is 0 Å². The first-order chi connectivity index (χ1) is 7.77. The van der Waals surface area contributed by atoms with Crippen molar-refractivity contribution in [3.05, 3.63) is 29.6 Å². The van der Waals surface area contributed by atoms with Crippen LogP contribution < -0.4 is 10.6 Å². The van der Waals surface area contributed by atoms with Gasteiger partial charge in [-0.05, 0) is 50.9 Å². The van der Waals surface area contributed by atoms with E-state index in [0.29, 0.717) is 5.92 Å². The lowest BCUT2D eigenvalue weighted by atomic mass is 9.98. The van der Waals surface area contributed by atoms with Crippen molar-refractivity contribution in [2.75, 3.05) is 25.0 Å². The van der Waals surface area contributed by atoms with Gasteiger partial charge in [-0.2, -0.15) is 0 Å². The molecule has 1 heterocycles. The van der Waals surface area contributed by atoms with E-state index >= 15 is 0 Å². The predicted octanol–water partition coefficient (Wildman–Crippen LogP) is 2.55. The minimum absolute atomic E-state index is 0.129. The molecule has 0 radical (unpaired) electrons. The molecule has 1 aliphatic heterocycles. The number of nitrogens with one attached hydrogen (secondary N) is 2. The van der Waals surface area contributed by atoms with Crippen LogP contribution in [0.4, 0.5) is 10.1 Å². The SMILES string of the molecule is Cc1c(F)cccc1NCC1CCNCC1. The van der Waals surface area contributed by atoms with Crippen LogP contribution in [0.3, 0.4) is 0 Å². The van der Waals surface area contributed by atoms with Crippen molar-refractivity contribution in [2.24, 2.45) is 5.92 Å². The Bertz CT molecular complexity index is 346. The first kappa shape index (κ1) is 11.4. The zero-order chi connectivity index (χ0) is 11.4. The van der Waals surface area contributed by atoms with E-state index in [0.717, 1.165) is 30.9 Å². The average molecular weight is 222 g/mol. The molecule has 1 aliphatic rings. The summed E-state index contributed by atoms with van der Waals surface area (Å²) in [6.45, 7) is 4.98. The molecule has 0 bridgehead atoms. The number of piperidine rings is 1. The molecule has 1 aromatic carbocycles. The Labute approximate surface area is 96.2 Å². The van der Waals surface area contributed by atoms with Crippen LogP contribution in [0.5, 0.6) is 0 Å². The molecule has 0 aromatic heterocycles. The Morgan fingerprint density at radius 3 is 2.88 bits per heavy atom. The molecule has 2 nitrogen and oxygen atoms in total. The maximum absolute atomic E-state index is 13.3. The predicted molar refractivity (Wildman–Crippen MR) is 65.2 cm³/mol. The standard InChI is InChI=1S/C13H19FN2/c1-10-12(14)3-2-4-13(10)16-9-11-5-7-15-8-6-11/h2-4,11,15-16H,5-9H2,1H3. The quantitative estimate of drug-likeness (QED) is 0.821. The van der Waals surface area contributed by atoms with Crippen LogP contribution in [0.25, 0.3) is 0 Å². The summed E-state index contributed by atoms with van der Waals surface area (Å²) in [5, 5.41) is 6.70. The zero-order valence-corrected chi connectivity index (χ0v) is 9.72. The normalized spacial score (nSPS) is 17.4. The highest BCUT2D eigenvalue weighted by Gasteiger charge is 2.13. The van der Waals surface area contributed by atoms with Crippen LogP contribution in [-0.4, -0.2) is 19.6 Å². The number of benzene rings is 1. The van der Waals surface area contributed by atoms with Gasteiger partial charge < -0.3 is 10.6 Å². The summed E-state index contributed by atoms with van der Waals surface area (Å²) >= 11 is 0. The van der Waals surface area contributed by atoms with E-state index in [1.165, 1.54) is 18.9 Å². The largest absolute Gasteiger partial charge is 0.384 e. The van der Waals surface area contributed by atoms with E-state index in [1.807, 2.05) is 13.0 Å². The van der Waals surface area contributed by atoms with E-state index in [2.05, 4.69) is 10.6 Å². The monoisotopic (exact) mass is 222 g/mol. The van der Waals surface area contributed by atoms with E-state index in [-0.39, 0.29) is 5.82 Å². The maximum Gasteiger partial charge on any atom is 0.128 e. The number of hydrogen-bond donors (Lipinski definition) is 2. The number of rotatable bonds is 3. The molecular weight excluding hydrogens is 203 g/mol. The Kier molecular flexibility index (Phi) is 3.78. The Morgan fingerprint density at radius 2 is 2.12 bits per heavy atom. The Hall–Kier alpha value is -1.09. The second-order valence-electron chi connectivity index (χ2n) is 4.49. The van der Waals surface area contributed by atoms with E-state index in [1.54, 1.807) is 6.07 Å². The second-order valence-corrected chi connectivity index (χ2v) is 4.49. The van der Waals surface area contributed by atoms with Gasteiger partial charge in [0.1, 0.15) is 5.82 Å². The minimum Gasteiger partial charge on any atom is -0.384 e. The smallest absolute Gasteiger partial charge is 0.128 e. The third kappa shape index (κ3) is 2.73. The summed E-state index contributed by atoms with van der Waals surface area (Å²) < 4.78 is 13.3. The van der Waals surface area contributed by atoms with Crippen LogP contribution in [0.1, 0.15) is 18.4 Å². The van der Waals surface area contributed by atoms with Gasteiger partial charge in [0.15, 0.2) is 0 Å². The first-order valence-electron chi connectivity index (χ1n) is 5.97. The van der Waals surface area contributed by atoms with E-state index in [4.69, 9.17) is 0 Å². The van der Waals surface area contributed by atoms with Gasteiger partial charge in [-0.15, -0.1) is 0 Å². The van der Waals surface area contributed by atoms with Crippen molar-refractivity contribution >= 4 is 5.69 Å². The third-order valence-electron chi connectivity index (χ3n) is 3.31. The summed E-state index contributed by atoms with van der Waals surface area (Å²) in [5.41, 5.74) is 1.65. The molecule has 1 fully saturated rings. The lowest BCUT2D eigenvalue weighted by Gasteiger charge is -2.23.